The molecule has 0 saturated heterocycles. The topological polar surface area (TPSA) is 76.1 Å². The number of nitrogens with one attached hydrogen (secondary N) is 2. The maximum atomic E-state index is 11.3. The Morgan fingerprint density at radius 2 is 2.42 bits per heavy atom. The highest BCUT2D eigenvalue weighted by Gasteiger charge is 2.08. The van der Waals surface area contributed by atoms with Crippen LogP contribution >= 0.6 is 0 Å². The fourth-order valence-electron chi connectivity index (χ4n) is 1.90. The van der Waals surface area contributed by atoms with E-state index < -0.39 is 5.97 Å². The van der Waals surface area contributed by atoms with Gasteiger partial charge in [-0.05, 0) is 19.4 Å². The number of nitrogens with zero attached hydrogens (tertiary/aromatic N) is 2. The number of hydrogen-bond donors (Lipinski definition) is 2. The van der Waals surface area contributed by atoms with Crippen LogP contribution in [0.15, 0.2) is 24.0 Å². The first-order chi connectivity index (χ1) is 9.29. The summed E-state index contributed by atoms with van der Waals surface area (Å²) in [7, 11) is 1.33. The largest absolute Gasteiger partial charge is 0.464 e. The normalized spacial score (nSPS) is 14.7. The summed E-state index contributed by atoms with van der Waals surface area (Å²) >= 11 is 0. The summed E-state index contributed by atoms with van der Waals surface area (Å²) in [6, 6.07) is 0. The quantitative estimate of drug-likeness (QED) is 0.608. The van der Waals surface area contributed by atoms with E-state index in [9.17, 15) is 4.79 Å². The van der Waals surface area contributed by atoms with Gasteiger partial charge in [0.2, 0.25) is 0 Å². The Morgan fingerprint density at radius 3 is 3.16 bits per heavy atom. The van der Waals surface area contributed by atoms with E-state index >= 15 is 0 Å². The monoisotopic (exact) mass is 262 g/mol. The van der Waals surface area contributed by atoms with Crippen LogP contribution in [0.3, 0.4) is 0 Å². The fraction of sp³-hybridized carbons (Fsp3) is 0.462. The molecule has 2 rings (SSSR count). The lowest BCUT2D eigenvalue weighted by Crippen LogP contribution is -2.21. The summed E-state index contributed by atoms with van der Waals surface area (Å²) in [5.74, 6) is 0.120. The minimum Gasteiger partial charge on any atom is -0.464 e. The van der Waals surface area contributed by atoms with E-state index in [1.54, 1.807) is 6.20 Å². The van der Waals surface area contributed by atoms with E-state index in [0.717, 1.165) is 32.5 Å². The van der Waals surface area contributed by atoms with Gasteiger partial charge in [0.25, 0.3) is 0 Å². The average Bonchev–Trinajstić information content (AvgIpc) is 2.48. The first-order valence-corrected chi connectivity index (χ1v) is 6.32. The van der Waals surface area contributed by atoms with Crippen molar-refractivity contribution >= 4 is 11.8 Å². The molecule has 0 saturated carbocycles. The number of anilines is 1. The third kappa shape index (κ3) is 4.03. The minimum atomic E-state index is -0.475. The number of methoxy groups -OCH3 is 1. The Labute approximate surface area is 112 Å². The molecule has 1 aliphatic rings. The number of hydrogen-bond acceptors (Lipinski definition) is 6. The first kappa shape index (κ1) is 13.5. The van der Waals surface area contributed by atoms with Crippen molar-refractivity contribution in [3.8, 4) is 0 Å². The van der Waals surface area contributed by atoms with Crippen LogP contribution in [0.2, 0.25) is 0 Å². The van der Waals surface area contributed by atoms with Crippen molar-refractivity contribution in [2.24, 2.45) is 0 Å². The van der Waals surface area contributed by atoms with E-state index in [-0.39, 0.29) is 5.69 Å². The van der Waals surface area contributed by atoms with Gasteiger partial charge in [-0.25, -0.2) is 9.78 Å². The van der Waals surface area contributed by atoms with Crippen molar-refractivity contribution in [3.63, 3.8) is 0 Å². The van der Waals surface area contributed by atoms with Gasteiger partial charge in [0, 0.05) is 13.1 Å². The number of rotatable bonds is 5. The second kappa shape index (κ2) is 6.84. The standard InChI is InChI=1S/C13H18N4O2/c1-19-13(18)11-8-15-9-12(17-11)16-7-4-10-2-5-14-6-3-10/h2,8-9,14H,3-7H2,1H3,(H,16,17). The smallest absolute Gasteiger partial charge is 0.358 e. The fourth-order valence-corrected chi connectivity index (χ4v) is 1.90. The van der Waals surface area contributed by atoms with Crippen molar-refractivity contribution in [2.45, 2.75) is 12.8 Å². The van der Waals surface area contributed by atoms with Gasteiger partial charge < -0.3 is 15.4 Å². The molecular weight excluding hydrogens is 244 g/mol. The third-order valence-electron chi connectivity index (χ3n) is 2.94. The molecule has 6 heteroatoms. The van der Waals surface area contributed by atoms with E-state index in [1.165, 1.54) is 18.9 Å². The highest BCUT2D eigenvalue weighted by Crippen LogP contribution is 2.10. The lowest BCUT2D eigenvalue weighted by molar-refractivity contribution is 0.0593. The summed E-state index contributed by atoms with van der Waals surface area (Å²) in [5.41, 5.74) is 1.66. The van der Waals surface area contributed by atoms with Crippen LogP contribution in [0.1, 0.15) is 23.3 Å². The van der Waals surface area contributed by atoms with Gasteiger partial charge in [-0.15, -0.1) is 0 Å². The molecule has 102 valence electrons. The molecule has 0 atom stereocenters. The SMILES string of the molecule is COC(=O)c1cncc(NCCC2=CCNCC2)n1. The summed E-state index contributed by atoms with van der Waals surface area (Å²) in [6.07, 6.45) is 7.29. The number of esters is 1. The van der Waals surface area contributed by atoms with Gasteiger partial charge in [0.1, 0.15) is 5.82 Å². The maximum absolute atomic E-state index is 11.3. The molecule has 0 amide bonds. The molecule has 1 aromatic rings. The average molecular weight is 262 g/mol. The molecular formula is C13H18N4O2. The number of aromatic nitrogens is 2. The van der Waals surface area contributed by atoms with E-state index in [2.05, 4.69) is 31.4 Å². The predicted molar refractivity (Wildman–Crippen MR) is 72.0 cm³/mol. The molecule has 0 aromatic carbocycles. The van der Waals surface area contributed by atoms with Crippen molar-refractivity contribution in [2.75, 3.05) is 32.1 Å². The summed E-state index contributed by atoms with van der Waals surface area (Å²) < 4.78 is 4.61. The Hall–Kier alpha value is -1.95. The molecule has 2 N–H and O–H groups in total. The Bertz CT molecular complexity index is 473. The molecule has 1 aromatic heterocycles. The van der Waals surface area contributed by atoms with Crippen molar-refractivity contribution in [3.05, 3.63) is 29.7 Å². The first-order valence-electron chi connectivity index (χ1n) is 6.32. The Kier molecular flexibility index (Phi) is 4.85. The van der Waals surface area contributed by atoms with Gasteiger partial charge >= 0.3 is 5.97 Å². The van der Waals surface area contributed by atoms with Gasteiger partial charge in [-0.1, -0.05) is 11.6 Å². The van der Waals surface area contributed by atoms with Crippen molar-refractivity contribution < 1.29 is 9.53 Å². The molecule has 0 aliphatic carbocycles. The molecule has 2 heterocycles. The lowest BCUT2D eigenvalue weighted by atomic mass is 10.1. The van der Waals surface area contributed by atoms with Crippen LogP contribution in [0.5, 0.6) is 0 Å². The molecule has 0 radical (unpaired) electrons. The van der Waals surface area contributed by atoms with Crippen LogP contribution in [-0.2, 0) is 4.74 Å². The number of carbonyl (C=O) groups excluding carboxylic acids is 1. The zero-order valence-electron chi connectivity index (χ0n) is 11.0. The van der Waals surface area contributed by atoms with Crippen LogP contribution in [0, 0.1) is 0 Å². The molecule has 19 heavy (non-hydrogen) atoms. The van der Waals surface area contributed by atoms with Crippen LogP contribution in [0.4, 0.5) is 5.82 Å². The van der Waals surface area contributed by atoms with E-state index in [4.69, 9.17) is 0 Å². The second-order valence-electron chi connectivity index (χ2n) is 4.27. The molecule has 0 spiro atoms. The predicted octanol–water partition coefficient (Wildman–Crippen LogP) is 0.985. The second-order valence-corrected chi connectivity index (χ2v) is 4.27. The third-order valence-corrected chi connectivity index (χ3v) is 2.94. The summed E-state index contributed by atoms with van der Waals surface area (Å²) in [5, 5.41) is 6.45. The van der Waals surface area contributed by atoms with Gasteiger partial charge in [0.05, 0.1) is 19.5 Å². The van der Waals surface area contributed by atoms with Gasteiger partial charge in [-0.2, -0.15) is 0 Å². The number of carbonyl (C=O) groups is 1. The molecule has 0 unspecified atom stereocenters. The molecule has 0 bridgehead atoms. The van der Waals surface area contributed by atoms with E-state index in [0.29, 0.717) is 5.82 Å². The molecule has 0 fully saturated rings. The number of ether oxygens (including phenoxy) is 1. The van der Waals surface area contributed by atoms with Crippen molar-refractivity contribution in [1.29, 1.82) is 0 Å². The summed E-state index contributed by atoms with van der Waals surface area (Å²) in [4.78, 5) is 19.4. The minimum absolute atomic E-state index is 0.216. The lowest BCUT2D eigenvalue weighted by Gasteiger charge is -2.14. The van der Waals surface area contributed by atoms with E-state index in [1.807, 2.05) is 0 Å². The van der Waals surface area contributed by atoms with Crippen LogP contribution < -0.4 is 10.6 Å². The molecule has 6 nitrogen and oxygen atoms in total. The highest BCUT2D eigenvalue weighted by atomic mass is 16.5. The van der Waals surface area contributed by atoms with Gasteiger partial charge in [0.15, 0.2) is 5.69 Å². The van der Waals surface area contributed by atoms with Crippen LogP contribution in [0.25, 0.3) is 0 Å². The molecule has 1 aliphatic heterocycles. The zero-order valence-corrected chi connectivity index (χ0v) is 11.0. The highest BCUT2D eigenvalue weighted by molar-refractivity contribution is 5.87. The zero-order chi connectivity index (χ0) is 13.5. The Balaban J connectivity index is 1.85. The Morgan fingerprint density at radius 1 is 1.53 bits per heavy atom. The van der Waals surface area contributed by atoms with Crippen molar-refractivity contribution in [1.82, 2.24) is 15.3 Å². The van der Waals surface area contributed by atoms with Gasteiger partial charge in [-0.3, -0.25) is 4.98 Å². The van der Waals surface area contributed by atoms with Crippen LogP contribution in [-0.4, -0.2) is 42.7 Å². The summed E-state index contributed by atoms with van der Waals surface area (Å²) in [6.45, 7) is 2.78. The maximum Gasteiger partial charge on any atom is 0.358 e.